The first-order chi connectivity index (χ1) is 12.2. The Morgan fingerprint density at radius 2 is 1.96 bits per heavy atom. The minimum absolute atomic E-state index is 0.0986. The van der Waals surface area contributed by atoms with Crippen molar-refractivity contribution in [3.8, 4) is 0 Å². The molecule has 0 unspecified atom stereocenters. The zero-order valence-corrected chi connectivity index (χ0v) is 15.8. The first-order valence-corrected chi connectivity index (χ1v) is 8.85. The Hall–Kier alpha value is -2.70. The Morgan fingerprint density at radius 1 is 1.19 bits per heavy atom. The summed E-state index contributed by atoms with van der Waals surface area (Å²) in [5, 5.41) is 4.45. The number of hydrogen-bond donors (Lipinski definition) is 0. The van der Waals surface area contributed by atoms with E-state index in [4.69, 9.17) is 4.42 Å². The van der Waals surface area contributed by atoms with E-state index in [9.17, 15) is 4.79 Å². The molecule has 7 nitrogen and oxygen atoms in total. The maximum Gasteiger partial charge on any atom is 0.274 e. The third-order valence-corrected chi connectivity index (χ3v) is 4.61. The fraction of sp³-hybridized carbons (Fsp3) is 0.474. The fourth-order valence-corrected chi connectivity index (χ4v) is 3.25. The number of oxazole rings is 1. The van der Waals surface area contributed by atoms with Crippen LogP contribution in [0.1, 0.15) is 60.0 Å². The second-order valence-electron chi connectivity index (χ2n) is 7.95. The largest absolute Gasteiger partial charge is 0.445 e. The van der Waals surface area contributed by atoms with Crippen molar-refractivity contribution in [3.05, 3.63) is 46.6 Å². The minimum Gasteiger partial charge on any atom is -0.445 e. The molecular formula is C19H23N5O2. The number of amides is 1. The number of aryl methyl sites for hydroxylation is 2. The maximum atomic E-state index is 12.9. The average molecular weight is 353 g/mol. The summed E-state index contributed by atoms with van der Waals surface area (Å²) in [5.41, 5.74) is 3.68. The van der Waals surface area contributed by atoms with E-state index in [0.717, 1.165) is 28.7 Å². The lowest BCUT2D eigenvalue weighted by Gasteiger charge is -2.24. The zero-order chi connectivity index (χ0) is 18.6. The molecule has 0 radical (unpaired) electrons. The van der Waals surface area contributed by atoms with E-state index in [1.165, 1.54) is 0 Å². The molecule has 1 aliphatic rings. The lowest BCUT2D eigenvalue weighted by atomic mass is 9.97. The van der Waals surface area contributed by atoms with Crippen molar-refractivity contribution < 1.29 is 9.21 Å². The quantitative estimate of drug-likeness (QED) is 0.672. The number of hydrogen-bond acceptors (Lipinski definition) is 5. The van der Waals surface area contributed by atoms with Crippen molar-refractivity contribution in [3.63, 3.8) is 0 Å². The molecule has 26 heavy (non-hydrogen) atoms. The molecule has 1 aliphatic heterocycles. The van der Waals surface area contributed by atoms with Crippen LogP contribution in [0.4, 0.5) is 0 Å². The van der Waals surface area contributed by atoms with E-state index in [0.29, 0.717) is 30.9 Å². The predicted molar refractivity (Wildman–Crippen MR) is 96.1 cm³/mol. The van der Waals surface area contributed by atoms with Crippen molar-refractivity contribution in [2.45, 2.75) is 53.0 Å². The summed E-state index contributed by atoms with van der Waals surface area (Å²) in [5.74, 6) is 1.51. The molecule has 3 aromatic rings. The Bertz CT molecular complexity index is 1010. The third-order valence-electron chi connectivity index (χ3n) is 4.61. The van der Waals surface area contributed by atoms with Crippen molar-refractivity contribution in [2.24, 2.45) is 0 Å². The van der Waals surface area contributed by atoms with Crippen LogP contribution >= 0.6 is 0 Å². The summed E-state index contributed by atoms with van der Waals surface area (Å²) in [6.45, 7) is 11.2. The molecular weight excluding hydrogens is 330 g/mol. The number of carbonyl (C=O) groups excluding carboxylic acids is 1. The van der Waals surface area contributed by atoms with Gasteiger partial charge in [0.15, 0.2) is 17.2 Å². The Kier molecular flexibility index (Phi) is 3.64. The van der Waals surface area contributed by atoms with E-state index in [-0.39, 0.29) is 11.3 Å². The molecule has 0 spiro atoms. The van der Waals surface area contributed by atoms with Gasteiger partial charge in [-0.2, -0.15) is 5.10 Å². The standard InChI is InChI=1S/C19H23N5O2/c1-11-8-12(2)24-16(20-11)9-13(22-24)17(25)23-7-6-15-14(10-23)21-18(26-15)19(3,4)5/h8-9H,6-7,10H2,1-5H3. The van der Waals surface area contributed by atoms with Crippen LogP contribution in [-0.4, -0.2) is 36.9 Å². The molecule has 0 atom stereocenters. The first-order valence-electron chi connectivity index (χ1n) is 8.85. The molecule has 7 heteroatoms. The van der Waals surface area contributed by atoms with Crippen LogP contribution in [-0.2, 0) is 18.4 Å². The molecule has 0 aromatic carbocycles. The van der Waals surface area contributed by atoms with Gasteiger partial charge in [0, 0.05) is 35.8 Å². The highest BCUT2D eigenvalue weighted by atomic mass is 16.4. The number of aromatic nitrogens is 4. The van der Waals surface area contributed by atoms with Gasteiger partial charge in [-0.3, -0.25) is 4.79 Å². The smallest absolute Gasteiger partial charge is 0.274 e. The highest BCUT2D eigenvalue weighted by Crippen LogP contribution is 2.27. The fourth-order valence-electron chi connectivity index (χ4n) is 3.25. The molecule has 0 N–H and O–H groups in total. The predicted octanol–water partition coefficient (Wildman–Crippen LogP) is 2.83. The zero-order valence-electron chi connectivity index (χ0n) is 15.8. The number of fused-ring (bicyclic) bond motifs is 2. The van der Waals surface area contributed by atoms with Crippen molar-refractivity contribution in [1.82, 2.24) is 24.5 Å². The second kappa shape index (κ2) is 5.65. The van der Waals surface area contributed by atoms with Crippen LogP contribution < -0.4 is 0 Å². The molecule has 0 bridgehead atoms. The first kappa shape index (κ1) is 16.8. The maximum absolute atomic E-state index is 12.9. The summed E-state index contributed by atoms with van der Waals surface area (Å²) in [4.78, 5) is 23.8. The summed E-state index contributed by atoms with van der Waals surface area (Å²) in [6.07, 6.45) is 0.675. The van der Waals surface area contributed by atoms with E-state index in [1.807, 2.05) is 19.9 Å². The number of rotatable bonds is 1. The molecule has 4 heterocycles. The highest BCUT2D eigenvalue weighted by Gasteiger charge is 2.30. The Morgan fingerprint density at radius 3 is 2.69 bits per heavy atom. The van der Waals surface area contributed by atoms with E-state index < -0.39 is 0 Å². The van der Waals surface area contributed by atoms with Crippen LogP contribution in [0.5, 0.6) is 0 Å². The Balaban J connectivity index is 1.62. The van der Waals surface area contributed by atoms with Gasteiger partial charge in [0.25, 0.3) is 5.91 Å². The minimum atomic E-state index is -0.144. The van der Waals surface area contributed by atoms with Gasteiger partial charge < -0.3 is 9.32 Å². The summed E-state index contributed by atoms with van der Waals surface area (Å²) >= 11 is 0. The van der Waals surface area contributed by atoms with Gasteiger partial charge in [-0.25, -0.2) is 14.5 Å². The van der Waals surface area contributed by atoms with E-state index in [1.54, 1.807) is 15.5 Å². The van der Waals surface area contributed by atoms with E-state index in [2.05, 4.69) is 35.8 Å². The normalized spacial score (nSPS) is 14.7. The van der Waals surface area contributed by atoms with Crippen LogP contribution in [0, 0.1) is 13.8 Å². The van der Waals surface area contributed by atoms with Gasteiger partial charge in [0.1, 0.15) is 11.5 Å². The molecule has 0 saturated carbocycles. The topological polar surface area (TPSA) is 76.5 Å². The second-order valence-corrected chi connectivity index (χ2v) is 7.95. The van der Waals surface area contributed by atoms with Gasteiger partial charge in [-0.05, 0) is 19.9 Å². The van der Waals surface area contributed by atoms with Crippen LogP contribution in [0.15, 0.2) is 16.5 Å². The number of nitrogens with zero attached hydrogens (tertiary/aromatic N) is 5. The lowest BCUT2D eigenvalue weighted by molar-refractivity contribution is 0.0721. The van der Waals surface area contributed by atoms with Crippen molar-refractivity contribution in [1.29, 1.82) is 0 Å². The Labute approximate surface area is 152 Å². The molecule has 0 aliphatic carbocycles. The van der Waals surface area contributed by atoms with Crippen molar-refractivity contribution in [2.75, 3.05) is 6.54 Å². The molecule has 0 fully saturated rings. The summed E-state index contributed by atoms with van der Waals surface area (Å²) in [7, 11) is 0. The average Bonchev–Trinajstić information content (AvgIpc) is 3.16. The van der Waals surface area contributed by atoms with Crippen LogP contribution in [0.3, 0.4) is 0 Å². The third kappa shape index (κ3) is 2.77. The van der Waals surface area contributed by atoms with Gasteiger partial charge >= 0.3 is 0 Å². The van der Waals surface area contributed by atoms with Crippen LogP contribution in [0.2, 0.25) is 0 Å². The van der Waals surface area contributed by atoms with Gasteiger partial charge in [-0.1, -0.05) is 20.8 Å². The monoisotopic (exact) mass is 353 g/mol. The molecule has 136 valence electrons. The molecule has 4 rings (SSSR count). The molecule has 0 saturated heterocycles. The van der Waals surface area contributed by atoms with Gasteiger partial charge in [0.2, 0.25) is 0 Å². The van der Waals surface area contributed by atoms with E-state index >= 15 is 0 Å². The molecule has 3 aromatic heterocycles. The summed E-state index contributed by atoms with van der Waals surface area (Å²) < 4.78 is 7.61. The SMILES string of the molecule is Cc1cc(C)n2nc(C(=O)N3CCc4oc(C(C)(C)C)nc4C3)cc2n1. The summed E-state index contributed by atoms with van der Waals surface area (Å²) in [6, 6.07) is 3.70. The van der Waals surface area contributed by atoms with Crippen molar-refractivity contribution >= 4 is 11.6 Å². The lowest BCUT2D eigenvalue weighted by Crippen LogP contribution is -2.36. The van der Waals surface area contributed by atoms with Crippen LogP contribution in [0.25, 0.3) is 5.65 Å². The number of carbonyl (C=O) groups is 1. The molecule has 1 amide bonds. The van der Waals surface area contributed by atoms with Gasteiger partial charge in [-0.15, -0.1) is 0 Å². The highest BCUT2D eigenvalue weighted by molar-refractivity contribution is 5.93. The van der Waals surface area contributed by atoms with Gasteiger partial charge in [0.05, 0.1) is 6.54 Å².